The molecular weight excluding hydrogens is 220 g/mol. The molecule has 0 spiro atoms. The number of nitrogens with zero attached hydrogens (tertiary/aromatic N) is 1. The number of aromatic nitrogens is 1. The van der Waals surface area contributed by atoms with Gasteiger partial charge in [0.1, 0.15) is 5.69 Å². The maximum atomic E-state index is 11.3. The molecule has 0 saturated heterocycles. The fraction of sp³-hybridized carbons (Fsp3) is 0.167. The Labute approximate surface area is 98.4 Å². The van der Waals surface area contributed by atoms with Gasteiger partial charge >= 0.3 is 5.97 Å². The summed E-state index contributed by atoms with van der Waals surface area (Å²) in [6, 6.07) is 5.30. The van der Waals surface area contributed by atoms with E-state index in [1.165, 1.54) is 7.11 Å². The molecule has 0 aromatic carbocycles. The van der Waals surface area contributed by atoms with E-state index < -0.39 is 5.97 Å². The van der Waals surface area contributed by atoms with Gasteiger partial charge in [-0.05, 0) is 18.2 Å². The summed E-state index contributed by atoms with van der Waals surface area (Å²) >= 11 is 0. The van der Waals surface area contributed by atoms with Crippen LogP contribution in [0.5, 0.6) is 0 Å². The number of hydrogen-bond donors (Lipinski definition) is 1. The zero-order chi connectivity index (χ0) is 12.1. The number of esters is 1. The lowest BCUT2D eigenvalue weighted by molar-refractivity contribution is 0.0594. The van der Waals surface area contributed by atoms with Crippen molar-refractivity contribution in [3.8, 4) is 0 Å². The summed E-state index contributed by atoms with van der Waals surface area (Å²) in [7, 11) is 1.33. The standard InChI is InChI=1S/C12H12N2O3/c1-16-12(15)11-6-10(2-4-13-11)14-7-9-3-5-17-8-9/h2-6,8H,7H2,1H3,(H,13,14). The molecule has 0 bridgehead atoms. The first-order valence-electron chi connectivity index (χ1n) is 5.09. The molecule has 0 amide bonds. The Hall–Kier alpha value is -2.30. The van der Waals surface area contributed by atoms with Gasteiger partial charge < -0.3 is 14.5 Å². The van der Waals surface area contributed by atoms with E-state index in [9.17, 15) is 4.79 Å². The number of anilines is 1. The molecule has 5 nitrogen and oxygen atoms in total. The Bertz CT molecular complexity index is 494. The molecule has 0 aliphatic heterocycles. The third-order valence-corrected chi connectivity index (χ3v) is 2.23. The fourth-order valence-electron chi connectivity index (χ4n) is 1.35. The van der Waals surface area contributed by atoms with E-state index in [0.717, 1.165) is 11.3 Å². The third-order valence-electron chi connectivity index (χ3n) is 2.23. The van der Waals surface area contributed by atoms with Crippen LogP contribution in [0.4, 0.5) is 5.69 Å². The predicted octanol–water partition coefficient (Wildman–Crippen LogP) is 2.07. The summed E-state index contributed by atoms with van der Waals surface area (Å²) in [5.74, 6) is -0.447. The summed E-state index contributed by atoms with van der Waals surface area (Å²) in [6.07, 6.45) is 4.84. The van der Waals surface area contributed by atoms with Gasteiger partial charge in [-0.2, -0.15) is 0 Å². The third kappa shape index (κ3) is 2.84. The van der Waals surface area contributed by atoms with Crippen molar-refractivity contribution in [1.29, 1.82) is 0 Å². The van der Waals surface area contributed by atoms with Crippen LogP contribution in [0.1, 0.15) is 16.1 Å². The quantitative estimate of drug-likeness (QED) is 0.817. The van der Waals surface area contributed by atoms with Gasteiger partial charge in [-0.3, -0.25) is 0 Å². The second-order valence-electron chi connectivity index (χ2n) is 3.41. The molecule has 5 heteroatoms. The number of carbonyl (C=O) groups excluding carboxylic acids is 1. The van der Waals surface area contributed by atoms with Gasteiger partial charge in [-0.1, -0.05) is 0 Å². The fourth-order valence-corrected chi connectivity index (χ4v) is 1.35. The number of carbonyl (C=O) groups is 1. The SMILES string of the molecule is COC(=O)c1cc(NCc2ccoc2)ccn1. The van der Waals surface area contributed by atoms with Crippen molar-refractivity contribution in [1.82, 2.24) is 4.98 Å². The molecule has 2 aromatic rings. The van der Waals surface area contributed by atoms with Gasteiger partial charge in [0.25, 0.3) is 0 Å². The number of furan rings is 1. The van der Waals surface area contributed by atoms with Gasteiger partial charge in [0.05, 0.1) is 19.6 Å². The van der Waals surface area contributed by atoms with Crippen LogP contribution in [0, 0.1) is 0 Å². The molecular formula is C12H12N2O3. The monoisotopic (exact) mass is 232 g/mol. The molecule has 0 unspecified atom stereocenters. The van der Waals surface area contributed by atoms with E-state index in [4.69, 9.17) is 4.42 Å². The second-order valence-corrected chi connectivity index (χ2v) is 3.41. The van der Waals surface area contributed by atoms with E-state index in [2.05, 4.69) is 15.0 Å². The van der Waals surface area contributed by atoms with Gasteiger partial charge in [-0.15, -0.1) is 0 Å². The highest BCUT2D eigenvalue weighted by atomic mass is 16.5. The van der Waals surface area contributed by atoms with Crippen LogP contribution in [0.25, 0.3) is 0 Å². The summed E-state index contributed by atoms with van der Waals surface area (Å²) in [4.78, 5) is 15.2. The number of ether oxygens (including phenoxy) is 1. The molecule has 2 heterocycles. The molecule has 88 valence electrons. The average molecular weight is 232 g/mol. The van der Waals surface area contributed by atoms with Crippen LogP contribution in [0.2, 0.25) is 0 Å². The van der Waals surface area contributed by atoms with Crippen molar-refractivity contribution in [2.24, 2.45) is 0 Å². The number of methoxy groups -OCH3 is 1. The van der Waals surface area contributed by atoms with Crippen molar-refractivity contribution in [3.05, 3.63) is 48.2 Å². The number of hydrogen-bond acceptors (Lipinski definition) is 5. The molecule has 0 aliphatic rings. The van der Waals surface area contributed by atoms with Crippen molar-refractivity contribution in [2.75, 3.05) is 12.4 Å². The highest BCUT2D eigenvalue weighted by molar-refractivity contribution is 5.88. The summed E-state index contributed by atoms with van der Waals surface area (Å²) in [5.41, 5.74) is 2.12. The second kappa shape index (κ2) is 5.16. The number of pyridine rings is 1. The van der Waals surface area contributed by atoms with Crippen LogP contribution in [-0.4, -0.2) is 18.1 Å². The predicted molar refractivity (Wildman–Crippen MR) is 61.6 cm³/mol. The Morgan fingerprint density at radius 1 is 1.53 bits per heavy atom. The van der Waals surface area contributed by atoms with Gasteiger partial charge in [0.2, 0.25) is 0 Å². The van der Waals surface area contributed by atoms with E-state index in [0.29, 0.717) is 6.54 Å². The Kier molecular flexibility index (Phi) is 3.40. The zero-order valence-corrected chi connectivity index (χ0v) is 9.34. The minimum Gasteiger partial charge on any atom is -0.472 e. The molecule has 2 rings (SSSR count). The van der Waals surface area contributed by atoms with Crippen molar-refractivity contribution in [2.45, 2.75) is 6.54 Å². The minimum absolute atomic E-state index is 0.282. The molecule has 17 heavy (non-hydrogen) atoms. The summed E-state index contributed by atoms with van der Waals surface area (Å²) in [6.45, 7) is 0.626. The lowest BCUT2D eigenvalue weighted by atomic mass is 10.3. The van der Waals surface area contributed by atoms with Gasteiger partial charge in [0, 0.05) is 24.0 Å². The Balaban J connectivity index is 2.03. The smallest absolute Gasteiger partial charge is 0.356 e. The topological polar surface area (TPSA) is 64.4 Å². The van der Waals surface area contributed by atoms with Crippen LogP contribution in [-0.2, 0) is 11.3 Å². The molecule has 1 N–H and O–H groups in total. The van der Waals surface area contributed by atoms with Crippen molar-refractivity contribution in [3.63, 3.8) is 0 Å². The summed E-state index contributed by atoms with van der Waals surface area (Å²) < 4.78 is 9.55. The van der Waals surface area contributed by atoms with Gasteiger partial charge in [-0.25, -0.2) is 9.78 Å². The molecule has 0 saturated carbocycles. The van der Waals surface area contributed by atoms with Crippen LogP contribution in [0.15, 0.2) is 41.3 Å². The maximum absolute atomic E-state index is 11.3. The summed E-state index contributed by atoms with van der Waals surface area (Å²) in [5, 5.41) is 3.16. The first kappa shape index (κ1) is 11.2. The molecule has 0 fully saturated rings. The highest BCUT2D eigenvalue weighted by Crippen LogP contribution is 2.11. The highest BCUT2D eigenvalue weighted by Gasteiger charge is 2.07. The number of rotatable bonds is 4. The minimum atomic E-state index is -0.447. The van der Waals surface area contributed by atoms with Crippen molar-refractivity contribution < 1.29 is 13.9 Å². The number of nitrogens with one attached hydrogen (secondary N) is 1. The van der Waals surface area contributed by atoms with Crippen LogP contribution >= 0.6 is 0 Å². The van der Waals surface area contributed by atoms with E-state index in [1.54, 1.807) is 30.9 Å². The van der Waals surface area contributed by atoms with Crippen LogP contribution in [0.3, 0.4) is 0 Å². The molecule has 0 aliphatic carbocycles. The van der Waals surface area contributed by atoms with Crippen LogP contribution < -0.4 is 5.32 Å². The zero-order valence-electron chi connectivity index (χ0n) is 9.34. The molecule has 2 aromatic heterocycles. The lowest BCUT2D eigenvalue weighted by Gasteiger charge is -2.05. The Morgan fingerprint density at radius 2 is 2.41 bits per heavy atom. The van der Waals surface area contributed by atoms with Gasteiger partial charge in [0.15, 0.2) is 0 Å². The Morgan fingerprint density at radius 3 is 3.12 bits per heavy atom. The van der Waals surface area contributed by atoms with Crippen molar-refractivity contribution >= 4 is 11.7 Å². The molecule has 0 radical (unpaired) electrons. The average Bonchev–Trinajstić information content (AvgIpc) is 2.89. The lowest BCUT2D eigenvalue weighted by Crippen LogP contribution is -2.05. The first-order chi connectivity index (χ1) is 8.29. The molecule has 0 atom stereocenters. The van der Waals surface area contributed by atoms with E-state index in [-0.39, 0.29) is 5.69 Å². The maximum Gasteiger partial charge on any atom is 0.356 e. The largest absolute Gasteiger partial charge is 0.472 e. The first-order valence-corrected chi connectivity index (χ1v) is 5.09. The van der Waals surface area contributed by atoms with E-state index in [1.807, 2.05) is 6.07 Å². The normalized spacial score (nSPS) is 9.94. The van der Waals surface area contributed by atoms with E-state index >= 15 is 0 Å².